The highest BCUT2D eigenvalue weighted by atomic mass is 16.4. The number of nitrogens with one attached hydrogen (secondary N) is 1. The van der Waals surface area contributed by atoms with Crippen molar-refractivity contribution in [3.63, 3.8) is 0 Å². The standard InChI is InChI=1S/C19H25NO3/c21-18(15-9-11-16(12-10-15)19(22)23)20-17(14-7-4-8-14)13-5-2-1-3-6-13/h1-3,5-6,14-17H,4,7-12H2,(H,20,21)(H,22,23). The van der Waals surface area contributed by atoms with E-state index < -0.39 is 5.97 Å². The van der Waals surface area contributed by atoms with Crippen LogP contribution in [0.5, 0.6) is 0 Å². The second kappa shape index (κ2) is 7.16. The molecule has 0 heterocycles. The van der Waals surface area contributed by atoms with E-state index in [0.717, 1.165) is 0 Å². The highest BCUT2D eigenvalue weighted by molar-refractivity contribution is 5.79. The van der Waals surface area contributed by atoms with Gasteiger partial charge in [-0.15, -0.1) is 0 Å². The quantitative estimate of drug-likeness (QED) is 0.873. The van der Waals surface area contributed by atoms with Crippen LogP contribution in [0, 0.1) is 17.8 Å². The van der Waals surface area contributed by atoms with Crippen LogP contribution in [0.25, 0.3) is 0 Å². The third-order valence-corrected chi connectivity index (χ3v) is 5.52. The Morgan fingerprint density at radius 1 is 0.957 bits per heavy atom. The molecule has 1 aromatic rings. The molecule has 0 spiro atoms. The van der Waals surface area contributed by atoms with Crippen molar-refractivity contribution in [1.29, 1.82) is 0 Å². The zero-order valence-electron chi connectivity index (χ0n) is 13.4. The summed E-state index contributed by atoms with van der Waals surface area (Å²) < 4.78 is 0. The number of rotatable bonds is 5. The van der Waals surface area contributed by atoms with Crippen LogP contribution in [0.15, 0.2) is 30.3 Å². The van der Waals surface area contributed by atoms with Gasteiger partial charge >= 0.3 is 5.97 Å². The summed E-state index contributed by atoms with van der Waals surface area (Å²) in [5.41, 5.74) is 1.18. The molecule has 1 amide bonds. The van der Waals surface area contributed by atoms with Crippen molar-refractivity contribution in [2.45, 2.75) is 51.0 Å². The van der Waals surface area contributed by atoms with Crippen LogP contribution in [0.1, 0.15) is 56.6 Å². The van der Waals surface area contributed by atoms with E-state index in [1.807, 2.05) is 18.2 Å². The minimum atomic E-state index is -0.722. The average Bonchev–Trinajstić information content (AvgIpc) is 2.53. The van der Waals surface area contributed by atoms with Crippen molar-refractivity contribution in [2.24, 2.45) is 17.8 Å². The van der Waals surface area contributed by atoms with Crippen molar-refractivity contribution < 1.29 is 14.7 Å². The predicted molar refractivity (Wildman–Crippen MR) is 87.8 cm³/mol. The first-order valence-electron chi connectivity index (χ1n) is 8.73. The van der Waals surface area contributed by atoms with E-state index >= 15 is 0 Å². The fourth-order valence-corrected chi connectivity index (χ4v) is 3.78. The normalized spacial score (nSPS) is 26.1. The van der Waals surface area contributed by atoms with Gasteiger partial charge in [-0.3, -0.25) is 9.59 Å². The highest BCUT2D eigenvalue weighted by Crippen LogP contribution is 2.38. The molecule has 1 aromatic carbocycles. The monoisotopic (exact) mass is 315 g/mol. The molecule has 2 N–H and O–H groups in total. The molecule has 4 heteroatoms. The molecular weight excluding hydrogens is 290 g/mol. The molecule has 0 bridgehead atoms. The van der Waals surface area contributed by atoms with E-state index in [2.05, 4.69) is 17.4 Å². The van der Waals surface area contributed by atoms with Crippen molar-refractivity contribution >= 4 is 11.9 Å². The molecule has 2 aliphatic carbocycles. The maximum atomic E-state index is 12.6. The van der Waals surface area contributed by atoms with Gasteiger partial charge in [0, 0.05) is 5.92 Å². The first kappa shape index (κ1) is 16.0. The highest BCUT2D eigenvalue weighted by Gasteiger charge is 2.34. The summed E-state index contributed by atoms with van der Waals surface area (Å²) in [6.45, 7) is 0. The van der Waals surface area contributed by atoms with Gasteiger partial charge < -0.3 is 10.4 Å². The fraction of sp³-hybridized carbons (Fsp3) is 0.579. The predicted octanol–water partition coefficient (Wildman–Crippen LogP) is 3.54. The van der Waals surface area contributed by atoms with Gasteiger partial charge in [-0.2, -0.15) is 0 Å². The van der Waals surface area contributed by atoms with Crippen LogP contribution in [0.4, 0.5) is 0 Å². The van der Waals surface area contributed by atoms with Gasteiger partial charge in [-0.1, -0.05) is 36.8 Å². The zero-order valence-corrected chi connectivity index (χ0v) is 13.4. The summed E-state index contributed by atoms with van der Waals surface area (Å²) >= 11 is 0. The third-order valence-electron chi connectivity index (χ3n) is 5.52. The number of amides is 1. The summed E-state index contributed by atoms with van der Waals surface area (Å²) in [5.74, 6) is -0.376. The summed E-state index contributed by atoms with van der Waals surface area (Å²) in [7, 11) is 0. The Labute approximate surface area is 137 Å². The average molecular weight is 315 g/mol. The molecule has 2 aliphatic rings. The van der Waals surface area contributed by atoms with Crippen LogP contribution in [-0.4, -0.2) is 17.0 Å². The van der Waals surface area contributed by atoms with Gasteiger partial charge in [0.05, 0.1) is 12.0 Å². The maximum absolute atomic E-state index is 12.6. The second-order valence-corrected chi connectivity index (χ2v) is 6.97. The Kier molecular flexibility index (Phi) is 4.99. The minimum Gasteiger partial charge on any atom is -0.481 e. The first-order valence-corrected chi connectivity index (χ1v) is 8.73. The molecule has 23 heavy (non-hydrogen) atoms. The number of aliphatic carboxylic acids is 1. The van der Waals surface area contributed by atoms with Gasteiger partial charge in [0.2, 0.25) is 5.91 Å². The van der Waals surface area contributed by atoms with Crippen LogP contribution < -0.4 is 5.32 Å². The first-order chi connectivity index (χ1) is 11.1. The number of benzene rings is 1. The van der Waals surface area contributed by atoms with Crippen LogP contribution in [0.2, 0.25) is 0 Å². The van der Waals surface area contributed by atoms with Gasteiger partial charge in [-0.25, -0.2) is 0 Å². The lowest BCUT2D eigenvalue weighted by molar-refractivity contribution is -0.144. The van der Waals surface area contributed by atoms with Gasteiger partial charge in [-0.05, 0) is 50.0 Å². The van der Waals surface area contributed by atoms with Gasteiger partial charge in [0.1, 0.15) is 0 Å². The molecule has 1 unspecified atom stereocenters. The third kappa shape index (κ3) is 3.74. The van der Waals surface area contributed by atoms with Gasteiger partial charge in [0.15, 0.2) is 0 Å². The topological polar surface area (TPSA) is 66.4 Å². The van der Waals surface area contributed by atoms with Crippen LogP contribution in [-0.2, 0) is 9.59 Å². The summed E-state index contributed by atoms with van der Waals surface area (Å²) in [4.78, 5) is 23.7. The smallest absolute Gasteiger partial charge is 0.306 e. The summed E-state index contributed by atoms with van der Waals surface area (Å²) in [5, 5.41) is 12.3. The molecule has 0 aromatic heterocycles. The summed E-state index contributed by atoms with van der Waals surface area (Å²) in [6, 6.07) is 10.3. The fourth-order valence-electron chi connectivity index (χ4n) is 3.78. The molecule has 0 saturated heterocycles. The lowest BCUT2D eigenvalue weighted by Gasteiger charge is -2.36. The van der Waals surface area contributed by atoms with E-state index in [0.29, 0.717) is 31.6 Å². The van der Waals surface area contributed by atoms with E-state index in [1.165, 1.54) is 24.8 Å². The molecule has 4 nitrogen and oxygen atoms in total. The van der Waals surface area contributed by atoms with Crippen molar-refractivity contribution in [2.75, 3.05) is 0 Å². The molecule has 0 radical (unpaired) electrons. The minimum absolute atomic E-state index is 0.0307. The van der Waals surface area contributed by atoms with Crippen molar-refractivity contribution in [3.05, 3.63) is 35.9 Å². The molecule has 2 fully saturated rings. The Morgan fingerprint density at radius 3 is 2.09 bits per heavy atom. The van der Waals surface area contributed by atoms with Crippen LogP contribution >= 0.6 is 0 Å². The number of hydrogen-bond donors (Lipinski definition) is 2. The number of carboxylic acids is 1. The Hall–Kier alpha value is -1.84. The van der Waals surface area contributed by atoms with Gasteiger partial charge in [0.25, 0.3) is 0 Å². The Balaban J connectivity index is 1.62. The maximum Gasteiger partial charge on any atom is 0.306 e. The van der Waals surface area contributed by atoms with Crippen LogP contribution in [0.3, 0.4) is 0 Å². The number of carbonyl (C=O) groups is 2. The van der Waals surface area contributed by atoms with E-state index in [9.17, 15) is 9.59 Å². The molecule has 3 rings (SSSR count). The van der Waals surface area contributed by atoms with E-state index in [-0.39, 0.29) is 23.8 Å². The van der Waals surface area contributed by atoms with Crippen molar-refractivity contribution in [1.82, 2.24) is 5.32 Å². The summed E-state index contributed by atoms with van der Waals surface area (Å²) in [6.07, 6.45) is 6.20. The van der Waals surface area contributed by atoms with E-state index in [1.54, 1.807) is 0 Å². The molecule has 0 aliphatic heterocycles. The lowest BCUT2D eigenvalue weighted by Crippen LogP contribution is -2.40. The Bertz CT molecular complexity index is 545. The molecule has 124 valence electrons. The molecule has 2 saturated carbocycles. The SMILES string of the molecule is O=C(O)C1CCC(C(=O)NC(c2ccccc2)C2CCC2)CC1. The second-order valence-electron chi connectivity index (χ2n) is 6.97. The largest absolute Gasteiger partial charge is 0.481 e. The number of carbonyl (C=O) groups excluding carboxylic acids is 1. The molecular formula is C19H25NO3. The number of hydrogen-bond acceptors (Lipinski definition) is 2. The Morgan fingerprint density at radius 2 is 1.57 bits per heavy atom. The van der Waals surface area contributed by atoms with E-state index in [4.69, 9.17) is 5.11 Å². The molecule has 1 atom stereocenters. The zero-order chi connectivity index (χ0) is 16.2. The van der Waals surface area contributed by atoms with Crippen molar-refractivity contribution in [3.8, 4) is 0 Å². The lowest BCUT2D eigenvalue weighted by atomic mass is 9.76. The number of carboxylic acid groups (broad SMARTS) is 1.